The molecule has 0 radical (unpaired) electrons. The molecule has 2 heterocycles. The fourth-order valence-electron chi connectivity index (χ4n) is 3.94. The summed E-state index contributed by atoms with van der Waals surface area (Å²) in [6.45, 7) is 8.62. The van der Waals surface area contributed by atoms with Gasteiger partial charge in [0.25, 0.3) is 0 Å². The first kappa shape index (κ1) is 17.0. The molecule has 3 rings (SSSR count). The van der Waals surface area contributed by atoms with E-state index in [2.05, 4.69) is 26.0 Å². The van der Waals surface area contributed by atoms with Gasteiger partial charge in [0, 0.05) is 32.5 Å². The SMILES string of the molecule is CC(=O)N1CCOC[C@H]1C(=O)N1C[C@H](c2ccccc2)C(C)(C)C1. The lowest BCUT2D eigenvalue weighted by Crippen LogP contribution is -2.56. The maximum absolute atomic E-state index is 13.0. The first-order valence-electron chi connectivity index (χ1n) is 8.59. The van der Waals surface area contributed by atoms with Crippen molar-refractivity contribution in [3.05, 3.63) is 35.9 Å². The highest BCUT2D eigenvalue weighted by Gasteiger charge is 2.44. The fourth-order valence-corrected chi connectivity index (χ4v) is 3.94. The third kappa shape index (κ3) is 3.18. The number of benzene rings is 1. The maximum Gasteiger partial charge on any atom is 0.247 e. The van der Waals surface area contributed by atoms with Crippen LogP contribution in [-0.4, -0.2) is 60.5 Å². The summed E-state index contributed by atoms with van der Waals surface area (Å²) >= 11 is 0. The molecule has 0 aliphatic carbocycles. The van der Waals surface area contributed by atoms with Gasteiger partial charge in [0.05, 0.1) is 13.2 Å². The Bertz CT molecular complexity index is 614. The average molecular weight is 330 g/mol. The lowest BCUT2D eigenvalue weighted by atomic mass is 9.78. The van der Waals surface area contributed by atoms with E-state index in [1.54, 1.807) is 4.90 Å². The lowest BCUT2D eigenvalue weighted by Gasteiger charge is -2.36. The van der Waals surface area contributed by atoms with Gasteiger partial charge in [0.1, 0.15) is 6.04 Å². The minimum Gasteiger partial charge on any atom is -0.377 e. The van der Waals surface area contributed by atoms with E-state index in [1.165, 1.54) is 12.5 Å². The third-order valence-electron chi connectivity index (χ3n) is 5.28. The second kappa shape index (κ2) is 6.55. The van der Waals surface area contributed by atoms with E-state index < -0.39 is 6.04 Å². The predicted molar refractivity (Wildman–Crippen MR) is 91.5 cm³/mol. The largest absolute Gasteiger partial charge is 0.377 e. The Hall–Kier alpha value is -1.88. The van der Waals surface area contributed by atoms with Crippen molar-refractivity contribution < 1.29 is 14.3 Å². The Kier molecular flexibility index (Phi) is 4.63. The van der Waals surface area contributed by atoms with Crippen molar-refractivity contribution in [1.29, 1.82) is 0 Å². The Morgan fingerprint density at radius 2 is 1.92 bits per heavy atom. The molecule has 1 aromatic rings. The summed E-state index contributed by atoms with van der Waals surface area (Å²) in [5.74, 6) is 0.254. The van der Waals surface area contributed by atoms with Gasteiger partial charge in [-0.05, 0) is 11.0 Å². The molecule has 0 aromatic heterocycles. The number of rotatable bonds is 2. The van der Waals surface area contributed by atoms with E-state index >= 15 is 0 Å². The van der Waals surface area contributed by atoms with Crippen LogP contribution in [0.5, 0.6) is 0 Å². The molecule has 2 aliphatic heterocycles. The molecule has 2 atom stereocenters. The standard InChI is InChI=1S/C19H26N2O3/c1-14(22)21-9-10-24-12-17(21)18(23)20-11-16(19(2,3)13-20)15-7-5-4-6-8-15/h4-8,16-17H,9-13H2,1-3H3/t16-,17+/m1/s1. The van der Waals surface area contributed by atoms with E-state index in [-0.39, 0.29) is 17.2 Å². The molecule has 0 spiro atoms. The van der Waals surface area contributed by atoms with Gasteiger partial charge in [-0.1, -0.05) is 44.2 Å². The second-order valence-corrected chi connectivity index (χ2v) is 7.47. The number of ether oxygens (including phenoxy) is 1. The van der Waals surface area contributed by atoms with E-state index in [4.69, 9.17) is 4.74 Å². The van der Waals surface area contributed by atoms with Crippen LogP contribution in [0.25, 0.3) is 0 Å². The maximum atomic E-state index is 13.0. The van der Waals surface area contributed by atoms with Crippen molar-refractivity contribution >= 4 is 11.8 Å². The summed E-state index contributed by atoms with van der Waals surface area (Å²) in [6, 6.07) is 9.88. The van der Waals surface area contributed by atoms with Gasteiger partial charge in [-0.25, -0.2) is 0 Å². The Morgan fingerprint density at radius 3 is 2.58 bits per heavy atom. The smallest absolute Gasteiger partial charge is 0.247 e. The van der Waals surface area contributed by atoms with Gasteiger partial charge in [-0.3, -0.25) is 9.59 Å². The highest BCUT2D eigenvalue weighted by atomic mass is 16.5. The molecule has 2 fully saturated rings. The number of morpholine rings is 1. The number of carbonyl (C=O) groups is 2. The van der Waals surface area contributed by atoms with E-state index in [0.717, 1.165) is 0 Å². The quantitative estimate of drug-likeness (QED) is 0.832. The summed E-state index contributed by atoms with van der Waals surface area (Å²) in [4.78, 5) is 28.4. The van der Waals surface area contributed by atoms with Crippen molar-refractivity contribution in [2.24, 2.45) is 5.41 Å². The van der Waals surface area contributed by atoms with Crippen LogP contribution < -0.4 is 0 Å². The molecule has 24 heavy (non-hydrogen) atoms. The summed E-state index contributed by atoms with van der Waals surface area (Å²) in [6.07, 6.45) is 0. The summed E-state index contributed by atoms with van der Waals surface area (Å²) in [5.41, 5.74) is 1.27. The van der Waals surface area contributed by atoms with Crippen LogP contribution in [0.3, 0.4) is 0 Å². The van der Waals surface area contributed by atoms with Crippen molar-refractivity contribution in [3.8, 4) is 0 Å². The van der Waals surface area contributed by atoms with Crippen molar-refractivity contribution in [1.82, 2.24) is 9.80 Å². The van der Waals surface area contributed by atoms with Gasteiger partial charge >= 0.3 is 0 Å². The molecule has 2 aliphatic rings. The Morgan fingerprint density at radius 1 is 1.21 bits per heavy atom. The van der Waals surface area contributed by atoms with E-state index in [0.29, 0.717) is 38.8 Å². The molecule has 2 amide bonds. The van der Waals surface area contributed by atoms with Crippen molar-refractivity contribution in [2.45, 2.75) is 32.7 Å². The first-order chi connectivity index (χ1) is 11.4. The summed E-state index contributed by atoms with van der Waals surface area (Å²) < 4.78 is 5.47. The molecule has 1 aromatic carbocycles. The number of likely N-dealkylation sites (tertiary alicyclic amines) is 1. The number of nitrogens with zero attached hydrogens (tertiary/aromatic N) is 2. The Balaban J connectivity index is 1.78. The summed E-state index contributed by atoms with van der Waals surface area (Å²) in [5, 5.41) is 0. The molecule has 2 saturated heterocycles. The van der Waals surface area contributed by atoms with E-state index in [9.17, 15) is 9.59 Å². The molecular formula is C19H26N2O3. The topological polar surface area (TPSA) is 49.9 Å². The Labute approximate surface area is 143 Å². The highest BCUT2D eigenvalue weighted by molar-refractivity contribution is 5.87. The van der Waals surface area contributed by atoms with Crippen LogP contribution in [-0.2, 0) is 14.3 Å². The zero-order valence-electron chi connectivity index (χ0n) is 14.7. The predicted octanol–water partition coefficient (Wildman–Crippen LogP) is 1.89. The molecule has 0 N–H and O–H groups in total. The van der Waals surface area contributed by atoms with Crippen molar-refractivity contribution in [2.75, 3.05) is 32.8 Å². The van der Waals surface area contributed by atoms with Gasteiger partial charge in [-0.2, -0.15) is 0 Å². The third-order valence-corrected chi connectivity index (χ3v) is 5.28. The number of carbonyl (C=O) groups excluding carboxylic acids is 2. The molecule has 0 bridgehead atoms. The monoisotopic (exact) mass is 330 g/mol. The van der Waals surface area contributed by atoms with Crippen LogP contribution in [0.15, 0.2) is 30.3 Å². The van der Waals surface area contributed by atoms with Gasteiger partial charge < -0.3 is 14.5 Å². The van der Waals surface area contributed by atoms with Crippen LogP contribution in [0, 0.1) is 5.41 Å². The lowest BCUT2D eigenvalue weighted by molar-refractivity contribution is -0.152. The van der Waals surface area contributed by atoms with Gasteiger partial charge in [0.15, 0.2) is 0 Å². The van der Waals surface area contributed by atoms with Crippen LogP contribution in [0.4, 0.5) is 0 Å². The minimum atomic E-state index is -0.485. The zero-order chi connectivity index (χ0) is 17.3. The van der Waals surface area contributed by atoms with Crippen LogP contribution in [0.1, 0.15) is 32.3 Å². The number of amides is 2. The number of hydrogen-bond acceptors (Lipinski definition) is 3. The van der Waals surface area contributed by atoms with Crippen LogP contribution >= 0.6 is 0 Å². The van der Waals surface area contributed by atoms with Crippen molar-refractivity contribution in [3.63, 3.8) is 0 Å². The summed E-state index contributed by atoms with van der Waals surface area (Å²) in [7, 11) is 0. The molecule has 5 nitrogen and oxygen atoms in total. The molecule has 0 saturated carbocycles. The molecule has 130 valence electrons. The van der Waals surface area contributed by atoms with Gasteiger partial charge in [0.2, 0.25) is 11.8 Å². The minimum absolute atomic E-state index is 0.00753. The second-order valence-electron chi connectivity index (χ2n) is 7.47. The number of hydrogen-bond donors (Lipinski definition) is 0. The van der Waals surface area contributed by atoms with Crippen LogP contribution in [0.2, 0.25) is 0 Å². The fraction of sp³-hybridized carbons (Fsp3) is 0.579. The van der Waals surface area contributed by atoms with E-state index in [1.807, 2.05) is 23.1 Å². The average Bonchev–Trinajstić information content (AvgIpc) is 2.90. The first-order valence-corrected chi connectivity index (χ1v) is 8.59. The normalized spacial score (nSPS) is 26.5. The molecule has 0 unspecified atom stereocenters. The zero-order valence-corrected chi connectivity index (χ0v) is 14.7. The molecular weight excluding hydrogens is 304 g/mol. The highest BCUT2D eigenvalue weighted by Crippen LogP contribution is 2.42. The van der Waals surface area contributed by atoms with Gasteiger partial charge in [-0.15, -0.1) is 0 Å². The molecule has 5 heteroatoms.